The predicted octanol–water partition coefficient (Wildman–Crippen LogP) is 1.07. The molecule has 5 nitrogen and oxygen atoms in total. The van der Waals surface area contributed by atoms with Crippen molar-refractivity contribution >= 4 is 5.97 Å². The lowest BCUT2D eigenvalue weighted by molar-refractivity contribution is -0.136. The summed E-state index contributed by atoms with van der Waals surface area (Å²) in [6.45, 7) is 1.04. The van der Waals surface area contributed by atoms with Gasteiger partial charge < -0.3 is 9.52 Å². The third-order valence-electron chi connectivity index (χ3n) is 2.70. The summed E-state index contributed by atoms with van der Waals surface area (Å²) in [7, 11) is 2.03. The summed E-state index contributed by atoms with van der Waals surface area (Å²) in [6, 6.07) is 0.215. The summed E-state index contributed by atoms with van der Waals surface area (Å²) in [5.74, 6) is 0.182. The minimum atomic E-state index is -0.891. The highest BCUT2D eigenvalue weighted by molar-refractivity contribution is 5.69. The van der Waals surface area contributed by atoms with E-state index in [1.165, 1.54) is 6.20 Å². The SMILES string of the molecule is CN1CCCC1c1ncc(CC(=O)O)o1. The van der Waals surface area contributed by atoms with E-state index in [9.17, 15) is 4.79 Å². The topological polar surface area (TPSA) is 66.6 Å². The highest BCUT2D eigenvalue weighted by Crippen LogP contribution is 2.29. The van der Waals surface area contributed by atoms with Gasteiger partial charge in [0, 0.05) is 0 Å². The van der Waals surface area contributed by atoms with Gasteiger partial charge in [0.1, 0.15) is 12.2 Å². The second kappa shape index (κ2) is 4.02. The van der Waals surface area contributed by atoms with E-state index < -0.39 is 5.97 Å². The maximum Gasteiger partial charge on any atom is 0.311 e. The van der Waals surface area contributed by atoms with E-state index in [0.29, 0.717) is 11.7 Å². The molecule has 15 heavy (non-hydrogen) atoms. The first kappa shape index (κ1) is 10.2. The van der Waals surface area contributed by atoms with Gasteiger partial charge in [0.2, 0.25) is 5.89 Å². The quantitative estimate of drug-likeness (QED) is 0.808. The van der Waals surface area contributed by atoms with Gasteiger partial charge in [0.05, 0.1) is 12.2 Å². The summed E-state index contributed by atoms with van der Waals surface area (Å²) in [6.07, 6.45) is 3.58. The number of hydrogen-bond donors (Lipinski definition) is 1. The molecular formula is C10H14N2O3. The Labute approximate surface area is 87.7 Å². The first-order valence-corrected chi connectivity index (χ1v) is 5.03. The molecule has 0 saturated carbocycles. The zero-order chi connectivity index (χ0) is 10.8. The van der Waals surface area contributed by atoms with Gasteiger partial charge in [-0.2, -0.15) is 0 Å². The number of carboxylic acids is 1. The molecule has 0 bridgehead atoms. The Hall–Kier alpha value is -1.36. The van der Waals surface area contributed by atoms with Gasteiger partial charge in [-0.05, 0) is 26.4 Å². The maximum atomic E-state index is 10.5. The van der Waals surface area contributed by atoms with Crippen molar-refractivity contribution in [2.45, 2.75) is 25.3 Å². The van der Waals surface area contributed by atoms with Gasteiger partial charge in [-0.3, -0.25) is 9.69 Å². The molecule has 1 atom stereocenters. The van der Waals surface area contributed by atoms with Gasteiger partial charge in [-0.25, -0.2) is 4.98 Å². The largest absolute Gasteiger partial charge is 0.481 e. The third kappa shape index (κ3) is 2.18. The van der Waals surface area contributed by atoms with Crippen LogP contribution in [0.2, 0.25) is 0 Å². The third-order valence-corrected chi connectivity index (χ3v) is 2.70. The Morgan fingerprint density at radius 2 is 2.60 bits per heavy atom. The zero-order valence-corrected chi connectivity index (χ0v) is 8.64. The minimum Gasteiger partial charge on any atom is -0.481 e. The molecule has 0 amide bonds. The summed E-state index contributed by atoms with van der Waals surface area (Å²) in [5, 5.41) is 8.60. The minimum absolute atomic E-state index is 0.0938. The van der Waals surface area contributed by atoms with E-state index in [0.717, 1.165) is 19.4 Å². The molecule has 82 valence electrons. The van der Waals surface area contributed by atoms with E-state index in [-0.39, 0.29) is 12.5 Å². The summed E-state index contributed by atoms with van der Waals surface area (Å²) < 4.78 is 5.42. The van der Waals surface area contributed by atoms with Crippen molar-refractivity contribution in [3.05, 3.63) is 17.8 Å². The zero-order valence-electron chi connectivity index (χ0n) is 8.64. The Balaban J connectivity index is 2.09. The molecule has 1 aromatic rings. The molecule has 2 heterocycles. The molecular weight excluding hydrogens is 196 g/mol. The average molecular weight is 210 g/mol. The lowest BCUT2D eigenvalue weighted by Gasteiger charge is -2.15. The maximum absolute atomic E-state index is 10.5. The van der Waals surface area contributed by atoms with Crippen LogP contribution in [0.5, 0.6) is 0 Å². The van der Waals surface area contributed by atoms with Crippen molar-refractivity contribution in [2.75, 3.05) is 13.6 Å². The van der Waals surface area contributed by atoms with Crippen molar-refractivity contribution in [3.8, 4) is 0 Å². The molecule has 1 aliphatic heterocycles. The fourth-order valence-electron chi connectivity index (χ4n) is 1.93. The Kier molecular flexibility index (Phi) is 2.73. The van der Waals surface area contributed by atoms with Crippen LogP contribution in [0.4, 0.5) is 0 Å². The number of aromatic nitrogens is 1. The molecule has 1 aromatic heterocycles. The van der Waals surface area contributed by atoms with Gasteiger partial charge in [-0.15, -0.1) is 0 Å². The average Bonchev–Trinajstić information content (AvgIpc) is 2.72. The van der Waals surface area contributed by atoms with E-state index in [2.05, 4.69) is 9.88 Å². The monoisotopic (exact) mass is 210 g/mol. The van der Waals surface area contributed by atoms with Gasteiger partial charge in [0.25, 0.3) is 0 Å². The number of likely N-dealkylation sites (tertiary alicyclic amines) is 1. The normalized spacial score (nSPS) is 22.1. The first-order valence-electron chi connectivity index (χ1n) is 5.03. The van der Waals surface area contributed by atoms with Crippen molar-refractivity contribution in [1.82, 2.24) is 9.88 Å². The van der Waals surface area contributed by atoms with Crippen molar-refractivity contribution in [1.29, 1.82) is 0 Å². The van der Waals surface area contributed by atoms with E-state index in [4.69, 9.17) is 9.52 Å². The van der Waals surface area contributed by atoms with Crippen LogP contribution in [0.15, 0.2) is 10.6 Å². The van der Waals surface area contributed by atoms with Crippen molar-refractivity contribution in [2.24, 2.45) is 0 Å². The molecule has 1 aliphatic rings. The molecule has 0 aliphatic carbocycles. The highest BCUT2D eigenvalue weighted by atomic mass is 16.4. The molecule has 5 heteroatoms. The summed E-state index contributed by atoms with van der Waals surface area (Å²) in [5.41, 5.74) is 0. The second-order valence-electron chi connectivity index (χ2n) is 3.87. The van der Waals surface area contributed by atoms with Crippen LogP contribution in [-0.4, -0.2) is 34.6 Å². The second-order valence-corrected chi connectivity index (χ2v) is 3.87. The lowest BCUT2D eigenvalue weighted by atomic mass is 10.2. The van der Waals surface area contributed by atoms with E-state index >= 15 is 0 Å². The number of aliphatic carboxylic acids is 1. The molecule has 1 fully saturated rings. The Bertz CT molecular complexity index is 361. The van der Waals surface area contributed by atoms with Crippen LogP contribution in [0, 0.1) is 0 Å². The fourth-order valence-corrected chi connectivity index (χ4v) is 1.93. The van der Waals surface area contributed by atoms with E-state index in [1.807, 2.05) is 7.05 Å². The molecule has 1 N–H and O–H groups in total. The molecule has 2 rings (SSSR count). The van der Waals surface area contributed by atoms with Crippen LogP contribution in [0.3, 0.4) is 0 Å². The molecule has 1 saturated heterocycles. The number of rotatable bonds is 3. The number of carboxylic acid groups (broad SMARTS) is 1. The molecule has 1 unspecified atom stereocenters. The highest BCUT2D eigenvalue weighted by Gasteiger charge is 2.26. The van der Waals surface area contributed by atoms with Gasteiger partial charge >= 0.3 is 5.97 Å². The Morgan fingerprint density at radius 3 is 3.20 bits per heavy atom. The van der Waals surface area contributed by atoms with Crippen LogP contribution >= 0.6 is 0 Å². The predicted molar refractivity (Wildman–Crippen MR) is 52.4 cm³/mol. The molecule has 0 aromatic carbocycles. The number of oxazole rings is 1. The standard InChI is InChI=1S/C10H14N2O3/c1-12-4-2-3-8(12)10-11-6-7(15-10)5-9(13)14/h6,8H,2-5H2,1H3,(H,13,14). The van der Waals surface area contributed by atoms with Crippen LogP contribution in [-0.2, 0) is 11.2 Å². The lowest BCUT2D eigenvalue weighted by Crippen LogP contribution is -2.17. The number of hydrogen-bond acceptors (Lipinski definition) is 4. The fraction of sp³-hybridized carbons (Fsp3) is 0.600. The van der Waals surface area contributed by atoms with Gasteiger partial charge in [-0.1, -0.05) is 0 Å². The number of nitrogens with zero attached hydrogens (tertiary/aromatic N) is 2. The van der Waals surface area contributed by atoms with Crippen LogP contribution in [0.1, 0.15) is 30.5 Å². The van der Waals surface area contributed by atoms with Crippen LogP contribution in [0.25, 0.3) is 0 Å². The van der Waals surface area contributed by atoms with Crippen molar-refractivity contribution < 1.29 is 14.3 Å². The molecule has 0 radical (unpaired) electrons. The van der Waals surface area contributed by atoms with E-state index in [1.54, 1.807) is 0 Å². The summed E-state index contributed by atoms with van der Waals surface area (Å²) >= 11 is 0. The first-order chi connectivity index (χ1) is 7.16. The smallest absolute Gasteiger partial charge is 0.311 e. The number of carbonyl (C=O) groups is 1. The summed E-state index contributed by atoms with van der Waals surface area (Å²) in [4.78, 5) is 16.8. The molecule has 0 spiro atoms. The van der Waals surface area contributed by atoms with Crippen LogP contribution < -0.4 is 0 Å². The van der Waals surface area contributed by atoms with Crippen molar-refractivity contribution in [3.63, 3.8) is 0 Å². The Morgan fingerprint density at radius 1 is 1.80 bits per heavy atom. The van der Waals surface area contributed by atoms with Gasteiger partial charge in [0.15, 0.2) is 0 Å².